The Hall–Kier alpha value is -1.63. The van der Waals surface area contributed by atoms with Gasteiger partial charge < -0.3 is 0 Å². The summed E-state index contributed by atoms with van der Waals surface area (Å²) in [5.74, 6) is 0.143. The van der Waals surface area contributed by atoms with Crippen molar-refractivity contribution in [2.75, 3.05) is 0 Å². The molecule has 0 bridgehead atoms. The van der Waals surface area contributed by atoms with Crippen molar-refractivity contribution in [1.82, 2.24) is 0 Å². The molecule has 0 saturated carbocycles. The third-order valence-corrected chi connectivity index (χ3v) is 2.78. The summed E-state index contributed by atoms with van der Waals surface area (Å²) in [5, 5.41) is 0. The quantitative estimate of drug-likeness (QED) is 0.652. The van der Waals surface area contributed by atoms with E-state index in [1.807, 2.05) is 18.2 Å². The van der Waals surface area contributed by atoms with Crippen molar-refractivity contribution in [2.24, 2.45) is 0 Å². The summed E-state index contributed by atoms with van der Waals surface area (Å²) in [6.07, 6.45) is 20.0. The van der Waals surface area contributed by atoms with Gasteiger partial charge in [0.15, 0.2) is 5.78 Å². The predicted molar refractivity (Wildman–Crippen MR) is 67.1 cm³/mol. The van der Waals surface area contributed by atoms with E-state index in [1.165, 1.54) is 0 Å². The fraction of sp³-hybridized carbons (Fsp3) is 0.267. The molecule has 0 aromatic rings. The lowest BCUT2D eigenvalue weighted by molar-refractivity contribution is -0.111. The molecule has 1 nitrogen and oxygen atoms in total. The standard InChI is InChI=1S/C15H16O/c16-15(14-9-5-2-6-10-14)12-11-13-7-3-1-4-8-13/h2-3,5,7-9,11-12H,1,4,6,10H2. The second kappa shape index (κ2) is 5.45. The minimum absolute atomic E-state index is 0.143. The lowest BCUT2D eigenvalue weighted by Crippen LogP contribution is -2.00. The van der Waals surface area contributed by atoms with E-state index < -0.39 is 0 Å². The number of ketones is 1. The maximum Gasteiger partial charge on any atom is 0.181 e. The second-order valence-electron chi connectivity index (χ2n) is 4.04. The molecule has 0 radical (unpaired) electrons. The Kier molecular flexibility index (Phi) is 3.71. The maximum absolute atomic E-state index is 11.8. The van der Waals surface area contributed by atoms with Crippen LogP contribution in [0.3, 0.4) is 0 Å². The van der Waals surface area contributed by atoms with Gasteiger partial charge in [0.2, 0.25) is 0 Å². The van der Waals surface area contributed by atoms with Gasteiger partial charge in [-0.3, -0.25) is 4.79 Å². The molecule has 0 aromatic heterocycles. The molecule has 16 heavy (non-hydrogen) atoms. The zero-order valence-electron chi connectivity index (χ0n) is 9.36. The zero-order valence-corrected chi connectivity index (χ0v) is 9.36. The largest absolute Gasteiger partial charge is 0.290 e. The van der Waals surface area contributed by atoms with Gasteiger partial charge in [-0.2, -0.15) is 0 Å². The summed E-state index contributed by atoms with van der Waals surface area (Å²) in [4.78, 5) is 11.8. The van der Waals surface area contributed by atoms with Gasteiger partial charge in [-0.25, -0.2) is 0 Å². The first kappa shape index (κ1) is 10.9. The van der Waals surface area contributed by atoms with E-state index in [4.69, 9.17) is 0 Å². The SMILES string of the molecule is O=C(C=CC1=CCCC=C1)C1=CC=CCC1. The van der Waals surface area contributed by atoms with Crippen molar-refractivity contribution < 1.29 is 4.79 Å². The topological polar surface area (TPSA) is 17.1 Å². The van der Waals surface area contributed by atoms with Gasteiger partial charge in [0.25, 0.3) is 0 Å². The van der Waals surface area contributed by atoms with Crippen molar-refractivity contribution in [1.29, 1.82) is 0 Å². The third-order valence-electron chi connectivity index (χ3n) is 2.78. The number of rotatable bonds is 3. The van der Waals surface area contributed by atoms with Crippen molar-refractivity contribution in [3.05, 3.63) is 59.8 Å². The molecule has 82 valence electrons. The maximum atomic E-state index is 11.8. The van der Waals surface area contributed by atoms with E-state index in [1.54, 1.807) is 6.08 Å². The van der Waals surface area contributed by atoms with E-state index in [9.17, 15) is 4.79 Å². The molecule has 0 amide bonds. The monoisotopic (exact) mass is 212 g/mol. The molecule has 0 heterocycles. The minimum Gasteiger partial charge on any atom is -0.290 e. The molecular weight excluding hydrogens is 196 g/mol. The summed E-state index contributed by atoms with van der Waals surface area (Å²) in [6, 6.07) is 0. The van der Waals surface area contributed by atoms with Crippen molar-refractivity contribution >= 4 is 5.78 Å². The molecule has 0 saturated heterocycles. The Morgan fingerprint density at radius 2 is 2.12 bits per heavy atom. The lowest BCUT2D eigenvalue weighted by atomic mass is 9.99. The molecule has 0 fully saturated rings. The van der Waals surface area contributed by atoms with Crippen LogP contribution in [0.15, 0.2) is 59.8 Å². The van der Waals surface area contributed by atoms with Gasteiger partial charge in [-0.1, -0.05) is 42.5 Å². The Morgan fingerprint density at radius 3 is 2.81 bits per heavy atom. The Balaban J connectivity index is 1.99. The predicted octanol–water partition coefficient (Wildman–Crippen LogP) is 3.66. The molecule has 2 rings (SSSR count). The number of hydrogen-bond donors (Lipinski definition) is 0. The van der Waals surface area contributed by atoms with Gasteiger partial charge >= 0.3 is 0 Å². The van der Waals surface area contributed by atoms with Gasteiger partial charge in [-0.15, -0.1) is 0 Å². The van der Waals surface area contributed by atoms with Crippen molar-refractivity contribution in [2.45, 2.75) is 25.7 Å². The molecular formula is C15H16O. The highest BCUT2D eigenvalue weighted by atomic mass is 16.1. The summed E-state index contributed by atoms with van der Waals surface area (Å²) in [6.45, 7) is 0. The van der Waals surface area contributed by atoms with E-state index in [0.717, 1.165) is 36.8 Å². The van der Waals surface area contributed by atoms with Gasteiger partial charge in [0.05, 0.1) is 0 Å². The van der Waals surface area contributed by atoms with Gasteiger partial charge in [0.1, 0.15) is 0 Å². The highest BCUT2D eigenvalue weighted by Gasteiger charge is 2.06. The minimum atomic E-state index is 0.143. The Labute approximate surface area is 96.6 Å². The first-order valence-corrected chi connectivity index (χ1v) is 5.81. The van der Waals surface area contributed by atoms with Crippen LogP contribution in [0.1, 0.15) is 25.7 Å². The van der Waals surface area contributed by atoms with Crippen LogP contribution in [0.4, 0.5) is 0 Å². The van der Waals surface area contributed by atoms with Crippen molar-refractivity contribution in [3.8, 4) is 0 Å². The molecule has 1 heteroatoms. The van der Waals surface area contributed by atoms with E-state index in [0.29, 0.717) is 0 Å². The third kappa shape index (κ3) is 2.93. The zero-order chi connectivity index (χ0) is 11.2. The van der Waals surface area contributed by atoms with Crippen molar-refractivity contribution in [3.63, 3.8) is 0 Å². The van der Waals surface area contributed by atoms with E-state index in [-0.39, 0.29) is 5.78 Å². The Bertz CT molecular complexity index is 417. The van der Waals surface area contributed by atoms with Crippen LogP contribution in [0.5, 0.6) is 0 Å². The van der Waals surface area contributed by atoms with E-state index in [2.05, 4.69) is 24.3 Å². The van der Waals surface area contributed by atoms with Crippen LogP contribution < -0.4 is 0 Å². The van der Waals surface area contributed by atoms with Crippen LogP contribution in [-0.4, -0.2) is 5.78 Å². The molecule has 0 unspecified atom stereocenters. The average molecular weight is 212 g/mol. The highest BCUT2D eigenvalue weighted by Crippen LogP contribution is 2.15. The fourth-order valence-corrected chi connectivity index (χ4v) is 1.84. The molecule has 0 aromatic carbocycles. The first-order chi connectivity index (χ1) is 7.86. The van der Waals surface area contributed by atoms with Crippen LogP contribution in [0, 0.1) is 0 Å². The summed E-state index contributed by atoms with van der Waals surface area (Å²) >= 11 is 0. The van der Waals surface area contributed by atoms with Crippen LogP contribution in [0.2, 0.25) is 0 Å². The summed E-state index contributed by atoms with van der Waals surface area (Å²) < 4.78 is 0. The van der Waals surface area contributed by atoms with Gasteiger partial charge in [0, 0.05) is 0 Å². The molecule has 0 atom stereocenters. The normalized spacial score (nSPS) is 19.8. The smallest absolute Gasteiger partial charge is 0.181 e. The van der Waals surface area contributed by atoms with Crippen LogP contribution in [-0.2, 0) is 4.79 Å². The van der Waals surface area contributed by atoms with Crippen LogP contribution in [0.25, 0.3) is 0 Å². The number of hydrogen-bond acceptors (Lipinski definition) is 1. The first-order valence-electron chi connectivity index (χ1n) is 5.81. The Morgan fingerprint density at radius 1 is 1.19 bits per heavy atom. The van der Waals surface area contributed by atoms with Gasteiger partial charge in [-0.05, 0) is 42.9 Å². The van der Waals surface area contributed by atoms with Crippen LogP contribution >= 0.6 is 0 Å². The molecule has 0 aliphatic heterocycles. The summed E-state index contributed by atoms with van der Waals surface area (Å²) in [5.41, 5.74) is 2.06. The fourth-order valence-electron chi connectivity index (χ4n) is 1.84. The molecule has 2 aliphatic carbocycles. The van der Waals surface area contributed by atoms with E-state index >= 15 is 0 Å². The highest BCUT2D eigenvalue weighted by molar-refractivity contribution is 6.04. The summed E-state index contributed by atoms with van der Waals surface area (Å²) in [7, 11) is 0. The number of carbonyl (C=O) groups excluding carboxylic acids is 1. The molecule has 0 N–H and O–H groups in total. The number of allylic oxidation sites excluding steroid dienone is 10. The molecule has 2 aliphatic rings. The lowest BCUT2D eigenvalue weighted by Gasteiger charge is -2.05. The number of carbonyl (C=O) groups is 1. The second-order valence-corrected chi connectivity index (χ2v) is 4.04. The molecule has 0 spiro atoms. The average Bonchev–Trinajstić information content (AvgIpc) is 2.38.